The van der Waals surface area contributed by atoms with E-state index in [0.29, 0.717) is 38.2 Å². The fourth-order valence-electron chi connectivity index (χ4n) is 4.37. The molecule has 1 aromatic carbocycles. The van der Waals surface area contributed by atoms with Crippen LogP contribution in [0.1, 0.15) is 104 Å². The summed E-state index contributed by atoms with van der Waals surface area (Å²) in [5, 5.41) is 7.45. The normalized spacial score (nSPS) is 10.9. The van der Waals surface area contributed by atoms with Gasteiger partial charge < -0.3 is 20.3 Å². The number of carbonyl (C=O) groups excluding carboxylic acids is 3. The van der Waals surface area contributed by atoms with Gasteiger partial charge in [0.25, 0.3) is 5.91 Å². The van der Waals surface area contributed by atoms with Gasteiger partial charge in [0.1, 0.15) is 5.75 Å². The number of unbranched alkanes of at least 4 members (excludes halogenated alkanes) is 9. The van der Waals surface area contributed by atoms with Crippen LogP contribution in [0.2, 0.25) is 0 Å². The van der Waals surface area contributed by atoms with Crippen LogP contribution in [0.5, 0.6) is 5.75 Å². The maximum Gasteiger partial charge on any atom is 0.260 e. The van der Waals surface area contributed by atoms with Gasteiger partial charge in [-0.2, -0.15) is 0 Å². The van der Waals surface area contributed by atoms with Gasteiger partial charge in [0, 0.05) is 31.6 Å². The van der Waals surface area contributed by atoms with Gasteiger partial charge in [0.05, 0.1) is 13.2 Å². The molecule has 0 aliphatic carbocycles. The predicted molar refractivity (Wildman–Crippen MR) is 168 cm³/mol. The molecule has 0 radical (unpaired) electrons. The Hall–Kier alpha value is -2.81. The summed E-state index contributed by atoms with van der Waals surface area (Å²) in [6.07, 6.45) is 15.1. The molecule has 0 saturated heterocycles. The van der Waals surface area contributed by atoms with Crippen LogP contribution in [-0.4, -0.2) is 74.5 Å². The van der Waals surface area contributed by atoms with Gasteiger partial charge in [-0.05, 0) is 71.1 Å². The number of nitrogens with zero attached hydrogens (tertiary/aromatic N) is 2. The second kappa shape index (κ2) is 23.9. The minimum Gasteiger partial charge on any atom is -0.494 e. The summed E-state index contributed by atoms with van der Waals surface area (Å²) in [7, 11) is 3.93. The SMILES string of the molecule is CCCCCCCCCCCCNC(=O)CCCOc1ccc(NCC(=O)N(CC)NC(=O)CCCN(C)C)cc1. The Morgan fingerprint density at radius 2 is 1.37 bits per heavy atom. The monoisotopic (exact) mass is 575 g/mol. The van der Waals surface area contributed by atoms with Crippen molar-refractivity contribution in [3.05, 3.63) is 24.3 Å². The van der Waals surface area contributed by atoms with Crippen LogP contribution >= 0.6 is 0 Å². The fraction of sp³-hybridized carbons (Fsp3) is 0.719. The van der Waals surface area contributed by atoms with E-state index in [1.165, 1.54) is 62.8 Å². The number of carbonyl (C=O) groups is 3. The van der Waals surface area contributed by atoms with Gasteiger partial charge >= 0.3 is 0 Å². The Morgan fingerprint density at radius 1 is 0.756 bits per heavy atom. The Balaban J connectivity index is 2.12. The molecule has 1 aromatic rings. The van der Waals surface area contributed by atoms with Crippen molar-refractivity contribution in [3.8, 4) is 5.75 Å². The standard InChI is InChI=1S/C32H57N5O4/c1-5-7-8-9-10-11-12-13-14-15-24-33-30(38)19-17-26-41-29-22-20-28(21-23-29)34-27-32(40)37(6-2)35-31(39)18-16-25-36(3)4/h20-23,34H,5-19,24-27H2,1-4H3,(H,33,38)(H,35,39). The smallest absolute Gasteiger partial charge is 0.260 e. The van der Waals surface area contributed by atoms with E-state index >= 15 is 0 Å². The Kier molecular flexibility index (Phi) is 21.1. The van der Waals surface area contributed by atoms with Crippen LogP contribution < -0.4 is 20.8 Å². The molecule has 0 aromatic heterocycles. The topological polar surface area (TPSA) is 103 Å². The number of hydrogen-bond acceptors (Lipinski definition) is 6. The average molecular weight is 576 g/mol. The first-order valence-corrected chi connectivity index (χ1v) is 15.8. The van der Waals surface area contributed by atoms with Crippen LogP contribution in [0.3, 0.4) is 0 Å². The van der Waals surface area contributed by atoms with Crippen molar-refractivity contribution in [3.63, 3.8) is 0 Å². The summed E-state index contributed by atoms with van der Waals surface area (Å²) in [6.45, 7) is 6.59. The highest BCUT2D eigenvalue weighted by Crippen LogP contribution is 2.16. The van der Waals surface area contributed by atoms with Gasteiger partial charge in [-0.15, -0.1) is 0 Å². The number of ether oxygens (including phenoxy) is 1. The van der Waals surface area contributed by atoms with Gasteiger partial charge in [0.15, 0.2) is 0 Å². The highest BCUT2D eigenvalue weighted by molar-refractivity contribution is 5.84. The molecule has 0 aliphatic rings. The molecule has 234 valence electrons. The van der Waals surface area contributed by atoms with E-state index in [2.05, 4.69) is 23.0 Å². The molecule has 9 nitrogen and oxygen atoms in total. The molecule has 0 heterocycles. The molecule has 41 heavy (non-hydrogen) atoms. The summed E-state index contributed by atoms with van der Waals surface area (Å²) >= 11 is 0. The van der Waals surface area contributed by atoms with E-state index in [0.717, 1.165) is 31.6 Å². The Bertz CT molecular complexity index is 832. The maximum atomic E-state index is 12.5. The van der Waals surface area contributed by atoms with Crippen molar-refractivity contribution in [2.75, 3.05) is 52.2 Å². The molecule has 0 bridgehead atoms. The molecule has 0 saturated carbocycles. The zero-order valence-corrected chi connectivity index (χ0v) is 26.3. The molecule has 0 aliphatic heterocycles. The largest absolute Gasteiger partial charge is 0.494 e. The molecule has 0 spiro atoms. The van der Waals surface area contributed by atoms with Crippen LogP contribution in [-0.2, 0) is 14.4 Å². The van der Waals surface area contributed by atoms with Crippen molar-refractivity contribution in [1.29, 1.82) is 0 Å². The van der Waals surface area contributed by atoms with Crippen LogP contribution in [0.25, 0.3) is 0 Å². The van der Waals surface area contributed by atoms with E-state index in [-0.39, 0.29) is 24.3 Å². The minimum absolute atomic E-state index is 0.0697. The van der Waals surface area contributed by atoms with Crippen molar-refractivity contribution < 1.29 is 19.1 Å². The molecule has 3 amide bonds. The summed E-state index contributed by atoms with van der Waals surface area (Å²) in [5.74, 6) is 0.433. The number of hydrazine groups is 1. The lowest BCUT2D eigenvalue weighted by atomic mass is 10.1. The first kappa shape index (κ1) is 36.2. The van der Waals surface area contributed by atoms with Crippen molar-refractivity contribution in [1.82, 2.24) is 20.7 Å². The van der Waals surface area contributed by atoms with Gasteiger partial charge in [-0.3, -0.25) is 24.8 Å². The fourth-order valence-corrected chi connectivity index (χ4v) is 4.37. The van der Waals surface area contributed by atoms with Crippen molar-refractivity contribution >= 4 is 23.4 Å². The summed E-state index contributed by atoms with van der Waals surface area (Å²) in [4.78, 5) is 38.7. The summed E-state index contributed by atoms with van der Waals surface area (Å²) < 4.78 is 5.76. The lowest BCUT2D eigenvalue weighted by Gasteiger charge is -2.22. The number of likely N-dealkylation sites (N-methyl/N-ethyl adjacent to an activating group) is 1. The number of anilines is 1. The molecule has 1 rings (SSSR count). The number of amides is 3. The van der Waals surface area contributed by atoms with Crippen molar-refractivity contribution in [2.24, 2.45) is 0 Å². The first-order valence-electron chi connectivity index (χ1n) is 15.8. The van der Waals surface area contributed by atoms with Gasteiger partial charge in [0.2, 0.25) is 11.8 Å². The average Bonchev–Trinajstić information content (AvgIpc) is 2.96. The van der Waals surface area contributed by atoms with Crippen molar-refractivity contribution in [2.45, 2.75) is 104 Å². The lowest BCUT2D eigenvalue weighted by molar-refractivity contribution is -0.139. The summed E-state index contributed by atoms with van der Waals surface area (Å²) in [6, 6.07) is 7.36. The first-order chi connectivity index (χ1) is 19.8. The molecular weight excluding hydrogens is 518 g/mol. The zero-order valence-electron chi connectivity index (χ0n) is 26.3. The van der Waals surface area contributed by atoms with Crippen LogP contribution in [0.15, 0.2) is 24.3 Å². The predicted octanol–water partition coefficient (Wildman–Crippen LogP) is 5.52. The number of benzene rings is 1. The number of rotatable bonds is 24. The number of nitrogens with one attached hydrogen (secondary N) is 3. The molecule has 0 fully saturated rings. The third kappa shape index (κ3) is 19.8. The van der Waals surface area contributed by atoms with E-state index < -0.39 is 0 Å². The third-order valence-corrected chi connectivity index (χ3v) is 6.85. The van der Waals surface area contributed by atoms with Crippen LogP contribution in [0, 0.1) is 0 Å². The maximum absolute atomic E-state index is 12.5. The second-order valence-electron chi connectivity index (χ2n) is 10.9. The molecule has 0 unspecified atom stereocenters. The lowest BCUT2D eigenvalue weighted by Crippen LogP contribution is -2.48. The van der Waals surface area contributed by atoms with E-state index in [1.54, 1.807) is 0 Å². The minimum atomic E-state index is -0.208. The third-order valence-electron chi connectivity index (χ3n) is 6.85. The molecular formula is C32H57N5O4. The zero-order chi connectivity index (χ0) is 30.1. The van der Waals surface area contributed by atoms with E-state index in [9.17, 15) is 14.4 Å². The quantitative estimate of drug-likeness (QED) is 0.111. The molecule has 3 N–H and O–H groups in total. The Morgan fingerprint density at radius 3 is 1.98 bits per heavy atom. The number of hydrogen-bond donors (Lipinski definition) is 3. The van der Waals surface area contributed by atoms with Gasteiger partial charge in [-0.1, -0.05) is 64.7 Å². The Labute approximate surface area is 249 Å². The highest BCUT2D eigenvalue weighted by atomic mass is 16.5. The van der Waals surface area contributed by atoms with Crippen LogP contribution in [0.4, 0.5) is 5.69 Å². The molecule has 0 atom stereocenters. The van der Waals surface area contributed by atoms with E-state index in [4.69, 9.17) is 4.74 Å². The van der Waals surface area contributed by atoms with E-state index in [1.807, 2.05) is 50.2 Å². The van der Waals surface area contributed by atoms with Gasteiger partial charge in [-0.25, -0.2) is 0 Å². The summed E-state index contributed by atoms with van der Waals surface area (Å²) in [5.41, 5.74) is 3.47. The second-order valence-corrected chi connectivity index (χ2v) is 10.9. The highest BCUT2D eigenvalue weighted by Gasteiger charge is 2.14. The molecule has 9 heteroatoms.